The van der Waals surface area contributed by atoms with Crippen molar-refractivity contribution in [1.82, 2.24) is 4.57 Å². The fraction of sp³-hybridized carbons (Fsp3) is 0.100. The van der Waals surface area contributed by atoms with E-state index in [1.807, 2.05) is 12.1 Å². The van der Waals surface area contributed by atoms with Gasteiger partial charge in [0.15, 0.2) is 0 Å². The number of carbonyl (C=O) groups excluding carboxylic acids is 1. The number of benzene rings is 1. The maximum atomic E-state index is 11.1. The van der Waals surface area contributed by atoms with Gasteiger partial charge in [0, 0.05) is 10.9 Å². The summed E-state index contributed by atoms with van der Waals surface area (Å²) in [6.45, 7) is 1.75. The summed E-state index contributed by atoms with van der Waals surface area (Å²) in [5.41, 5.74) is 6.46. The lowest BCUT2D eigenvalue weighted by atomic mass is 10.2. The minimum atomic E-state index is -0.674. The Labute approximate surface area is 80.6 Å². The quantitative estimate of drug-likeness (QED) is 0.662. The number of hydrogen-bond acceptors (Lipinski definition) is 2. The first-order valence-electron chi connectivity index (χ1n) is 4.21. The second kappa shape index (κ2) is 2.77. The number of amides is 1. The fourth-order valence-corrected chi connectivity index (χ4v) is 1.61. The third kappa shape index (κ3) is 0.970. The van der Waals surface area contributed by atoms with Gasteiger partial charge in [-0.05, 0) is 13.0 Å². The second-order valence-electron chi connectivity index (χ2n) is 3.14. The van der Waals surface area contributed by atoms with Crippen LogP contribution in [0, 0.1) is 6.92 Å². The highest BCUT2D eigenvalue weighted by Crippen LogP contribution is 2.29. The number of nitrogens with zero attached hydrogens (tertiary/aromatic N) is 1. The van der Waals surface area contributed by atoms with Crippen LogP contribution in [0.2, 0.25) is 0 Å². The molecule has 72 valence electrons. The van der Waals surface area contributed by atoms with E-state index in [2.05, 4.69) is 0 Å². The first kappa shape index (κ1) is 8.62. The van der Waals surface area contributed by atoms with Gasteiger partial charge in [-0.2, -0.15) is 0 Å². The zero-order valence-corrected chi connectivity index (χ0v) is 7.69. The lowest BCUT2D eigenvalue weighted by molar-refractivity contribution is 0.248. The highest BCUT2D eigenvalue weighted by atomic mass is 16.3. The van der Waals surface area contributed by atoms with Crippen LogP contribution in [0.25, 0.3) is 10.9 Å². The van der Waals surface area contributed by atoms with E-state index in [4.69, 9.17) is 5.73 Å². The summed E-state index contributed by atoms with van der Waals surface area (Å²) < 4.78 is 1.10. The van der Waals surface area contributed by atoms with Crippen LogP contribution in [0.15, 0.2) is 24.3 Å². The smallest absolute Gasteiger partial charge is 0.326 e. The number of hydrogen-bond donors (Lipinski definition) is 2. The van der Waals surface area contributed by atoms with Crippen LogP contribution < -0.4 is 5.73 Å². The number of aryl methyl sites for hydroxylation is 1. The summed E-state index contributed by atoms with van der Waals surface area (Å²) >= 11 is 0. The molecule has 0 unspecified atom stereocenters. The predicted molar refractivity (Wildman–Crippen MR) is 53.3 cm³/mol. The van der Waals surface area contributed by atoms with Gasteiger partial charge in [-0.15, -0.1) is 0 Å². The van der Waals surface area contributed by atoms with Crippen molar-refractivity contribution >= 4 is 16.9 Å². The molecule has 0 aliphatic heterocycles. The molecule has 0 saturated heterocycles. The molecule has 2 aromatic rings. The molecule has 0 aliphatic rings. The summed E-state index contributed by atoms with van der Waals surface area (Å²) in [5.74, 6) is -0.0845. The average Bonchev–Trinajstić information content (AvgIpc) is 2.41. The Kier molecular flexibility index (Phi) is 1.70. The molecule has 0 atom stereocenters. The van der Waals surface area contributed by atoms with E-state index in [1.165, 1.54) is 0 Å². The average molecular weight is 190 g/mol. The van der Waals surface area contributed by atoms with E-state index in [0.29, 0.717) is 11.1 Å². The monoisotopic (exact) mass is 190 g/mol. The summed E-state index contributed by atoms with van der Waals surface area (Å²) in [7, 11) is 0. The number of aromatic hydroxyl groups is 1. The number of carbonyl (C=O) groups is 1. The van der Waals surface area contributed by atoms with E-state index < -0.39 is 6.03 Å². The summed E-state index contributed by atoms with van der Waals surface area (Å²) in [5, 5.41) is 10.5. The summed E-state index contributed by atoms with van der Waals surface area (Å²) in [4.78, 5) is 11.1. The van der Waals surface area contributed by atoms with Crippen LogP contribution in [0.3, 0.4) is 0 Å². The Morgan fingerprint density at radius 3 is 2.71 bits per heavy atom. The molecule has 2 rings (SSSR count). The first-order valence-corrected chi connectivity index (χ1v) is 4.21. The number of primary amides is 1. The van der Waals surface area contributed by atoms with E-state index >= 15 is 0 Å². The maximum Gasteiger partial charge on any atom is 0.326 e. The van der Waals surface area contributed by atoms with Gasteiger partial charge in [-0.1, -0.05) is 18.2 Å². The van der Waals surface area contributed by atoms with Crippen molar-refractivity contribution in [2.75, 3.05) is 0 Å². The van der Waals surface area contributed by atoms with Crippen LogP contribution in [-0.2, 0) is 0 Å². The van der Waals surface area contributed by atoms with Crippen LogP contribution in [0.5, 0.6) is 5.88 Å². The molecule has 1 heterocycles. The highest BCUT2D eigenvalue weighted by Gasteiger charge is 2.15. The molecule has 4 heteroatoms. The van der Waals surface area contributed by atoms with E-state index in [9.17, 15) is 9.90 Å². The molecule has 0 radical (unpaired) electrons. The molecule has 0 aliphatic carbocycles. The molecule has 0 fully saturated rings. The van der Waals surface area contributed by atoms with Gasteiger partial charge in [0.1, 0.15) is 0 Å². The van der Waals surface area contributed by atoms with Crippen molar-refractivity contribution in [3.63, 3.8) is 0 Å². The molecular formula is C10H10N2O2. The first-order chi connectivity index (χ1) is 6.63. The Bertz CT molecular complexity index is 514. The van der Waals surface area contributed by atoms with Gasteiger partial charge in [-0.3, -0.25) is 0 Å². The number of para-hydroxylation sites is 1. The summed E-state index contributed by atoms with van der Waals surface area (Å²) in [6.07, 6.45) is 0. The van der Waals surface area contributed by atoms with Crippen molar-refractivity contribution in [3.05, 3.63) is 29.8 Å². The number of rotatable bonds is 0. The molecule has 0 bridgehead atoms. The SMILES string of the molecule is Cc1c(O)n(C(N)=O)c2ccccc12. The molecule has 0 saturated carbocycles. The van der Waals surface area contributed by atoms with Crippen LogP contribution in [-0.4, -0.2) is 15.7 Å². The minimum Gasteiger partial charge on any atom is -0.494 e. The van der Waals surface area contributed by atoms with Crippen LogP contribution in [0.1, 0.15) is 5.56 Å². The predicted octanol–water partition coefficient (Wildman–Crippen LogP) is 1.58. The topological polar surface area (TPSA) is 68.2 Å². The molecule has 14 heavy (non-hydrogen) atoms. The van der Waals surface area contributed by atoms with E-state index in [0.717, 1.165) is 9.95 Å². The van der Waals surface area contributed by atoms with Crippen LogP contribution in [0.4, 0.5) is 4.79 Å². The molecular weight excluding hydrogens is 180 g/mol. The number of fused-ring (bicyclic) bond motifs is 1. The van der Waals surface area contributed by atoms with E-state index in [-0.39, 0.29) is 5.88 Å². The molecule has 3 N–H and O–H groups in total. The Morgan fingerprint density at radius 2 is 2.07 bits per heavy atom. The minimum absolute atomic E-state index is 0.0845. The van der Waals surface area contributed by atoms with Gasteiger partial charge in [0.05, 0.1) is 5.52 Å². The van der Waals surface area contributed by atoms with Gasteiger partial charge < -0.3 is 10.8 Å². The van der Waals surface area contributed by atoms with Gasteiger partial charge in [-0.25, -0.2) is 9.36 Å². The number of nitrogens with two attached hydrogens (primary N) is 1. The maximum absolute atomic E-state index is 11.1. The molecule has 0 spiro atoms. The molecule has 1 aromatic carbocycles. The Balaban J connectivity index is 2.95. The van der Waals surface area contributed by atoms with Crippen molar-refractivity contribution in [2.24, 2.45) is 5.73 Å². The lowest BCUT2D eigenvalue weighted by Gasteiger charge is -1.99. The fourth-order valence-electron chi connectivity index (χ4n) is 1.61. The second-order valence-corrected chi connectivity index (χ2v) is 3.14. The Morgan fingerprint density at radius 1 is 1.43 bits per heavy atom. The van der Waals surface area contributed by atoms with Gasteiger partial charge in [0.25, 0.3) is 0 Å². The standard InChI is InChI=1S/C10H10N2O2/c1-6-7-4-2-3-5-8(7)12(9(6)13)10(11)14/h2-5,13H,1H3,(H2,11,14). The zero-order chi connectivity index (χ0) is 10.3. The third-order valence-corrected chi connectivity index (χ3v) is 2.32. The van der Waals surface area contributed by atoms with Crippen molar-refractivity contribution in [1.29, 1.82) is 0 Å². The zero-order valence-electron chi connectivity index (χ0n) is 7.69. The largest absolute Gasteiger partial charge is 0.494 e. The van der Waals surface area contributed by atoms with Crippen molar-refractivity contribution in [3.8, 4) is 5.88 Å². The molecule has 1 aromatic heterocycles. The normalized spacial score (nSPS) is 10.6. The van der Waals surface area contributed by atoms with Crippen molar-refractivity contribution < 1.29 is 9.90 Å². The van der Waals surface area contributed by atoms with Crippen LogP contribution >= 0.6 is 0 Å². The molecule has 1 amide bonds. The van der Waals surface area contributed by atoms with Crippen molar-refractivity contribution in [2.45, 2.75) is 6.92 Å². The third-order valence-electron chi connectivity index (χ3n) is 2.32. The van der Waals surface area contributed by atoms with Gasteiger partial charge >= 0.3 is 6.03 Å². The lowest BCUT2D eigenvalue weighted by Crippen LogP contribution is -2.18. The number of aromatic nitrogens is 1. The molecule has 4 nitrogen and oxygen atoms in total. The van der Waals surface area contributed by atoms with E-state index in [1.54, 1.807) is 19.1 Å². The Hall–Kier alpha value is -1.97. The summed E-state index contributed by atoms with van der Waals surface area (Å²) in [6, 6.07) is 6.55. The van der Waals surface area contributed by atoms with Gasteiger partial charge in [0.2, 0.25) is 5.88 Å². The highest BCUT2D eigenvalue weighted by molar-refractivity contribution is 5.95.